The van der Waals surface area contributed by atoms with Crippen LogP contribution in [0.4, 0.5) is 4.39 Å². The molecule has 0 radical (unpaired) electrons. The summed E-state index contributed by atoms with van der Waals surface area (Å²) in [4.78, 5) is 0. The summed E-state index contributed by atoms with van der Waals surface area (Å²) in [6.45, 7) is 0.465. The summed E-state index contributed by atoms with van der Waals surface area (Å²) in [7, 11) is -3.60. The number of hydrogen-bond acceptors (Lipinski definition) is 3. The molecule has 0 saturated carbocycles. The van der Waals surface area contributed by atoms with E-state index in [1.807, 2.05) is 0 Å². The first-order valence-corrected chi connectivity index (χ1v) is 6.15. The first-order chi connectivity index (χ1) is 7.45. The summed E-state index contributed by atoms with van der Waals surface area (Å²) >= 11 is 0. The van der Waals surface area contributed by atoms with Crippen molar-refractivity contribution in [1.82, 2.24) is 4.31 Å². The SMILES string of the molecule is NS(=O)(=O)N1CC(Oc2ccc(F)cc2)C1. The van der Waals surface area contributed by atoms with E-state index in [1.165, 1.54) is 24.3 Å². The lowest BCUT2D eigenvalue weighted by molar-refractivity contribution is 0.0762. The number of nitrogens with zero attached hydrogens (tertiary/aromatic N) is 1. The van der Waals surface area contributed by atoms with Gasteiger partial charge >= 0.3 is 0 Å². The van der Waals surface area contributed by atoms with Gasteiger partial charge in [0, 0.05) is 0 Å². The largest absolute Gasteiger partial charge is 0.488 e. The van der Waals surface area contributed by atoms with Crippen LogP contribution in [0.25, 0.3) is 0 Å². The Bertz CT molecular complexity index is 468. The second-order valence-electron chi connectivity index (χ2n) is 3.56. The molecule has 1 aliphatic rings. The smallest absolute Gasteiger partial charge is 0.277 e. The first-order valence-electron chi connectivity index (χ1n) is 4.65. The predicted octanol–water partition coefficient (Wildman–Crippen LogP) is 0.0922. The summed E-state index contributed by atoms with van der Waals surface area (Å²) in [5.41, 5.74) is 0. The minimum Gasteiger partial charge on any atom is -0.488 e. The number of rotatable bonds is 3. The fourth-order valence-corrected chi connectivity index (χ4v) is 2.14. The molecule has 1 aliphatic heterocycles. The number of benzene rings is 1. The Morgan fingerprint density at radius 2 is 1.88 bits per heavy atom. The summed E-state index contributed by atoms with van der Waals surface area (Å²) in [5.74, 6) is 0.174. The molecule has 88 valence electrons. The van der Waals surface area contributed by atoms with Crippen molar-refractivity contribution in [2.45, 2.75) is 6.10 Å². The van der Waals surface area contributed by atoms with E-state index in [1.54, 1.807) is 0 Å². The highest BCUT2D eigenvalue weighted by Gasteiger charge is 2.35. The van der Waals surface area contributed by atoms with Crippen molar-refractivity contribution in [1.29, 1.82) is 0 Å². The molecular formula is C9H11FN2O3S. The van der Waals surface area contributed by atoms with Gasteiger partial charge in [-0.2, -0.15) is 12.7 Å². The van der Waals surface area contributed by atoms with Crippen LogP contribution in [0.5, 0.6) is 5.75 Å². The van der Waals surface area contributed by atoms with Crippen LogP contribution in [0, 0.1) is 5.82 Å². The number of halogens is 1. The van der Waals surface area contributed by atoms with E-state index in [0.29, 0.717) is 5.75 Å². The summed E-state index contributed by atoms with van der Waals surface area (Å²) in [5, 5.41) is 4.91. The zero-order valence-electron chi connectivity index (χ0n) is 8.34. The molecule has 2 N–H and O–H groups in total. The molecule has 5 nitrogen and oxygen atoms in total. The summed E-state index contributed by atoms with van der Waals surface area (Å²) < 4.78 is 40.8. The van der Waals surface area contributed by atoms with Crippen LogP contribution in [0.15, 0.2) is 24.3 Å². The van der Waals surface area contributed by atoms with Crippen molar-refractivity contribution in [3.8, 4) is 5.75 Å². The van der Waals surface area contributed by atoms with Gasteiger partial charge in [0.15, 0.2) is 0 Å². The minimum atomic E-state index is -3.60. The molecule has 0 amide bonds. The van der Waals surface area contributed by atoms with Gasteiger partial charge in [0.05, 0.1) is 13.1 Å². The molecule has 1 saturated heterocycles. The van der Waals surface area contributed by atoms with Gasteiger partial charge in [0.1, 0.15) is 17.7 Å². The van der Waals surface area contributed by atoms with Crippen LogP contribution in [-0.2, 0) is 10.2 Å². The second kappa shape index (κ2) is 4.00. The van der Waals surface area contributed by atoms with Crippen molar-refractivity contribution in [3.63, 3.8) is 0 Å². The predicted molar refractivity (Wildman–Crippen MR) is 55.5 cm³/mol. The van der Waals surface area contributed by atoms with Gasteiger partial charge in [0.25, 0.3) is 10.2 Å². The van der Waals surface area contributed by atoms with Gasteiger partial charge in [-0.3, -0.25) is 0 Å². The van der Waals surface area contributed by atoms with Gasteiger partial charge in [-0.05, 0) is 24.3 Å². The van der Waals surface area contributed by atoms with Gasteiger partial charge in [0.2, 0.25) is 0 Å². The van der Waals surface area contributed by atoms with Crippen molar-refractivity contribution >= 4 is 10.2 Å². The van der Waals surface area contributed by atoms with Crippen molar-refractivity contribution in [3.05, 3.63) is 30.1 Å². The molecule has 0 spiro atoms. The van der Waals surface area contributed by atoms with E-state index in [9.17, 15) is 12.8 Å². The van der Waals surface area contributed by atoms with E-state index >= 15 is 0 Å². The molecule has 1 aromatic carbocycles. The average Bonchev–Trinajstić information content (AvgIpc) is 2.11. The lowest BCUT2D eigenvalue weighted by atomic mass is 10.2. The Labute approximate surface area is 92.8 Å². The van der Waals surface area contributed by atoms with E-state index in [2.05, 4.69) is 0 Å². The fraction of sp³-hybridized carbons (Fsp3) is 0.333. The van der Waals surface area contributed by atoms with Crippen LogP contribution < -0.4 is 9.88 Å². The van der Waals surface area contributed by atoms with E-state index < -0.39 is 10.2 Å². The molecule has 0 atom stereocenters. The highest BCUT2D eigenvalue weighted by atomic mass is 32.2. The second-order valence-corrected chi connectivity index (χ2v) is 5.10. The fourth-order valence-electron chi connectivity index (χ4n) is 1.39. The Hall–Kier alpha value is -1.18. The molecule has 0 bridgehead atoms. The van der Waals surface area contributed by atoms with Crippen molar-refractivity contribution in [2.24, 2.45) is 5.14 Å². The van der Waals surface area contributed by atoms with Gasteiger partial charge < -0.3 is 4.74 Å². The molecule has 1 heterocycles. The van der Waals surface area contributed by atoms with Crippen LogP contribution in [0.2, 0.25) is 0 Å². The number of hydrogen-bond donors (Lipinski definition) is 1. The third-order valence-corrected chi connectivity index (χ3v) is 3.31. The van der Waals surface area contributed by atoms with Crippen LogP contribution >= 0.6 is 0 Å². The van der Waals surface area contributed by atoms with Crippen molar-refractivity contribution in [2.75, 3.05) is 13.1 Å². The normalized spacial score (nSPS) is 18.1. The number of nitrogens with two attached hydrogens (primary N) is 1. The molecule has 1 fully saturated rings. The molecule has 1 aromatic rings. The molecule has 7 heteroatoms. The molecule has 0 aliphatic carbocycles. The van der Waals surface area contributed by atoms with Gasteiger partial charge in [-0.15, -0.1) is 0 Å². The lowest BCUT2D eigenvalue weighted by Crippen LogP contribution is -2.57. The minimum absolute atomic E-state index is 0.219. The molecule has 16 heavy (non-hydrogen) atoms. The quantitative estimate of drug-likeness (QED) is 0.821. The Kier molecular flexibility index (Phi) is 2.83. The maximum absolute atomic E-state index is 12.6. The molecule has 0 aromatic heterocycles. The highest BCUT2D eigenvalue weighted by Crippen LogP contribution is 2.19. The average molecular weight is 246 g/mol. The van der Waals surface area contributed by atoms with Gasteiger partial charge in [-0.1, -0.05) is 0 Å². The van der Waals surface area contributed by atoms with E-state index in [4.69, 9.17) is 9.88 Å². The Morgan fingerprint density at radius 3 is 2.38 bits per heavy atom. The zero-order chi connectivity index (χ0) is 11.8. The van der Waals surface area contributed by atoms with E-state index in [-0.39, 0.29) is 25.0 Å². The highest BCUT2D eigenvalue weighted by molar-refractivity contribution is 7.86. The van der Waals surface area contributed by atoms with Crippen LogP contribution in [0.1, 0.15) is 0 Å². The van der Waals surface area contributed by atoms with Crippen LogP contribution in [0.3, 0.4) is 0 Å². The third-order valence-electron chi connectivity index (χ3n) is 2.29. The number of ether oxygens (including phenoxy) is 1. The topological polar surface area (TPSA) is 72.6 Å². The Morgan fingerprint density at radius 1 is 1.31 bits per heavy atom. The third kappa shape index (κ3) is 2.49. The summed E-state index contributed by atoms with van der Waals surface area (Å²) in [6, 6.07) is 5.56. The zero-order valence-corrected chi connectivity index (χ0v) is 9.15. The Balaban J connectivity index is 1.88. The molecule has 0 unspecified atom stereocenters. The molecule has 2 rings (SSSR count). The maximum Gasteiger partial charge on any atom is 0.277 e. The monoisotopic (exact) mass is 246 g/mol. The molecular weight excluding hydrogens is 235 g/mol. The summed E-state index contributed by atoms with van der Waals surface area (Å²) in [6.07, 6.45) is -0.219. The standard InChI is InChI=1S/C9H11FN2O3S/c10-7-1-3-8(4-2-7)15-9-5-12(6-9)16(11,13)14/h1-4,9H,5-6H2,(H2,11,13,14). The van der Waals surface area contributed by atoms with Gasteiger partial charge in [-0.25, -0.2) is 9.53 Å². The van der Waals surface area contributed by atoms with Crippen molar-refractivity contribution < 1.29 is 17.5 Å². The first kappa shape index (κ1) is 11.3. The van der Waals surface area contributed by atoms with Crippen LogP contribution in [-0.4, -0.2) is 31.9 Å². The maximum atomic E-state index is 12.6. The lowest BCUT2D eigenvalue weighted by Gasteiger charge is -2.36. The van der Waals surface area contributed by atoms with E-state index in [0.717, 1.165) is 4.31 Å².